The molecular formula is C28H30N4O3. The second-order valence-corrected chi connectivity index (χ2v) is 9.45. The number of amides is 2. The first kappa shape index (κ1) is 23.0. The number of carbonyl (C=O) groups excluding carboxylic acids is 2. The van der Waals surface area contributed by atoms with E-state index in [4.69, 9.17) is 0 Å². The zero-order chi connectivity index (χ0) is 24.4. The van der Waals surface area contributed by atoms with E-state index in [0.717, 1.165) is 25.7 Å². The normalized spacial score (nSPS) is 21.4. The van der Waals surface area contributed by atoms with E-state index in [1.54, 1.807) is 6.07 Å². The second-order valence-electron chi connectivity index (χ2n) is 9.45. The number of carbonyl (C=O) groups is 2. The molecule has 2 aliphatic rings. The summed E-state index contributed by atoms with van der Waals surface area (Å²) >= 11 is 0. The standard InChI is InChI=1S/C28H30N4O3/c1-2-21-17-25(33)31-26(29-21)20-12-8-13-22(15-20)30-27(34)24-16-19-11-6-7-14-23(19)32(24)28(35)18-9-4-3-5-10-18/h3-5,8-10,12-13,15,17,19,23-24H,2,6-7,11,14,16H2,1H3,(H,30,34)(H,29,31,33). The number of hydrogen-bond acceptors (Lipinski definition) is 4. The van der Waals surface area contributed by atoms with Gasteiger partial charge in [-0.1, -0.05) is 50.1 Å². The smallest absolute Gasteiger partial charge is 0.254 e. The number of hydrogen-bond donors (Lipinski definition) is 2. The van der Waals surface area contributed by atoms with Crippen molar-refractivity contribution in [2.45, 2.75) is 57.5 Å². The molecule has 0 bridgehead atoms. The van der Waals surface area contributed by atoms with E-state index in [1.165, 1.54) is 6.07 Å². The molecule has 3 unspecified atom stereocenters. The number of nitrogens with zero attached hydrogens (tertiary/aromatic N) is 2. The molecule has 0 radical (unpaired) electrons. The lowest BCUT2D eigenvalue weighted by atomic mass is 9.84. The van der Waals surface area contributed by atoms with Crippen LogP contribution in [0.15, 0.2) is 65.5 Å². The molecule has 2 amide bonds. The van der Waals surface area contributed by atoms with Crippen molar-refractivity contribution in [2.75, 3.05) is 5.32 Å². The Bertz CT molecular complexity index is 1290. The highest BCUT2D eigenvalue weighted by molar-refractivity contribution is 6.02. The Hall–Kier alpha value is -3.74. The van der Waals surface area contributed by atoms with E-state index >= 15 is 0 Å². The highest BCUT2D eigenvalue weighted by Crippen LogP contribution is 2.41. The zero-order valence-electron chi connectivity index (χ0n) is 19.9. The number of aromatic amines is 1. The Kier molecular flexibility index (Phi) is 6.49. The van der Waals surface area contributed by atoms with Gasteiger partial charge >= 0.3 is 0 Å². The first-order valence-electron chi connectivity index (χ1n) is 12.4. The van der Waals surface area contributed by atoms with Crippen LogP contribution in [0.5, 0.6) is 0 Å². The average Bonchev–Trinajstić information content (AvgIpc) is 3.28. The van der Waals surface area contributed by atoms with E-state index in [9.17, 15) is 14.4 Å². The van der Waals surface area contributed by atoms with Gasteiger partial charge in [0.2, 0.25) is 5.91 Å². The Balaban J connectivity index is 1.40. The Morgan fingerprint density at radius 3 is 2.66 bits per heavy atom. The van der Waals surface area contributed by atoms with Crippen LogP contribution in [0.4, 0.5) is 5.69 Å². The van der Waals surface area contributed by atoms with E-state index < -0.39 is 6.04 Å². The molecule has 2 N–H and O–H groups in total. The van der Waals surface area contributed by atoms with E-state index in [0.29, 0.717) is 47.1 Å². The van der Waals surface area contributed by atoms with Gasteiger partial charge in [-0.15, -0.1) is 0 Å². The van der Waals surface area contributed by atoms with Crippen molar-refractivity contribution < 1.29 is 9.59 Å². The van der Waals surface area contributed by atoms with Crippen LogP contribution < -0.4 is 10.9 Å². The number of likely N-dealkylation sites (tertiary alicyclic amines) is 1. The van der Waals surface area contributed by atoms with Gasteiger partial charge < -0.3 is 15.2 Å². The topological polar surface area (TPSA) is 95.2 Å². The SMILES string of the molecule is CCc1cc(=O)[nH]c(-c2cccc(NC(=O)C3CC4CCCCC4N3C(=O)c3ccccc3)c2)n1. The van der Waals surface area contributed by atoms with Crippen LogP contribution in [-0.4, -0.2) is 38.8 Å². The van der Waals surface area contributed by atoms with Gasteiger partial charge in [0, 0.05) is 34.6 Å². The summed E-state index contributed by atoms with van der Waals surface area (Å²) in [4.78, 5) is 48.2. The zero-order valence-corrected chi connectivity index (χ0v) is 19.9. The summed E-state index contributed by atoms with van der Waals surface area (Å²) in [7, 11) is 0. The Morgan fingerprint density at radius 2 is 1.86 bits per heavy atom. The molecule has 3 atom stereocenters. The Morgan fingerprint density at radius 1 is 1.06 bits per heavy atom. The van der Waals surface area contributed by atoms with Gasteiger partial charge in [0.1, 0.15) is 11.9 Å². The van der Waals surface area contributed by atoms with Gasteiger partial charge in [-0.05, 0) is 55.9 Å². The van der Waals surface area contributed by atoms with Crippen molar-refractivity contribution in [3.63, 3.8) is 0 Å². The number of rotatable bonds is 5. The molecule has 3 aromatic rings. The summed E-state index contributed by atoms with van der Waals surface area (Å²) < 4.78 is 0. The molecule has 1 aromatic heterocycles. The van der Waals surface area contributed by atoms with Crippen molar-refractivity contribution in [1.29, 1.82) is 0 Å². The van der Waals surface area contributed by atoms with E-state index in [-0.39, 0.29) is 23.4 Å². The fourth-order valence-corrected chi connectivity index (χ4v) is 5.51. The minimum Gasteiger partial charge on any atom is -0.324 e. The predicted molar refractivity (Wildman–Crippen MR) is 135 cm³/mol. The minimum absolute atomic E-state index is 0.0768. The number of H-pyrrole nitrogens is 1. The molecule has 1 aliphatic heterocycles. The molecule has 1 saturated carbocycles. The third-order valence-electron chi connectivity index (χ3n) is 7.21. The van der Waals surface area contributed by atoms with Crippen molar-refractivity contribution in [3.8, 4) is 11.4 Å². The van der Waals surface area contributed by atoms with Gasteiger partial charge in [0.25, 0.3) is 11.5 Å². The minimum atomic E-state index is -0.513. The van der Waals surface area contributed by atoms with Gasteiger partial charge in [-0.2, -0.15) is 0 Å². The van der Waals surface area contributed by atoms with Gasteiger partial charge in [0.15, 0.2) is 0 Å². The molecular weight excluding hydrogens is 440 g/mol. The summed E-state index contributed by atoms with van der Waals surface area (Å²) in [6, 6.07) is 17.6. The quantitative estimate of drug-likeness (QED) is 0.577. The van der Waals surface area contributed by atoms with E-state index in [2.05, 4.69) is 15.3 Å². The number of fused-ring (bicyclic) bond motifs is 1. The van der Waals surface area contributed by atoms with Crippen molar-refractivity contribution >= 4 is 17.5 Å². The van der Waals surface area contributed by atoms with Crippen LogP contribution in [0.3, 0.4) is 0 Å². The van der Waals surface area contributed by atoms with Gasteiger partial charge in [-0.3, -0.25) is 14.4 Å². The van der Waals surface area contributed by atoms with Gasteiger partial charge in [0.05, 0.1) is 0 Å². The summed E-state index contributed by atoms with van der Waals surface area (Å²) in [6.07, 6.45) is 5.56. The first-order chi connectivity index (χ1) is 17.0. The molecule has 180 valence electrons. The maximum Gasteiger partial charge on any atom is 0.254 e. The third kappa shape index (κ3) is 4.76. The summed E-state index contributed by atoms with van der Waals surface area (Å²) in [6.45, 7) is 1.95. The maximum absolute atomic E-state index is 13.5. The summed E-state index contributed by atoms with van der Waals surface area (Å²) in [5, 5.41) is 3.03. The molecule has 2 fully saturated rings. The van der Waals surface area contributed by atoms with Crippen LogP contribution in [0.2, 0.25) is 0 Å². The number of aromatic nitrogens is 2. The fraction of sp³-hybridized carbons (Fsp3) is 0.357. The number of aryl methyl sites for hydroxylation is 1. The molecule has 1 aliphatic carbocycles. The largest absolute Gasteiger partial charge is 0.324 e. The molecule has 35 heavy (non-hydrogen) atoms. The molecule has 0 spiro atoms. The van der Waals surface area contributed by atoms with Crippen molar-refractivity contribution in [2.24, 2.45) is 5.92 Å². The van der Waals surface area contributed by atoms with Crippen LogP contribution in [0.25, 0.3) is 11.4 Å². The van der Waals surface area contributed by atoms with Crippen molar-refractivity contribution in [1.82, 2.24) is 14.9 Å². The van der Waals surface area contributed by atoms with Crippen LogP contribution in [-0.2, 0) is 11.2 Å². The second kappa shape index (κ2) is 9.86. The molecule has 7 nitrogen and oxygen atoms in total. The number of anilines is 1. The molecule has 2 heterocycles. The highest BCUT2D eigenvalue weighted by atomic mass is 16.2. The number of benzene rings is 2. The lowest BCUT2D eigenvalue weighted by Gasteiger charge is -2.33. The van der Waals surface area contributed by atoms with Gasteiger partial charge in [-0.25, -0.2) is 4.98 Å². The molecule has 1 saturated heterocycles. The Labute approximate surface area is 204 Å². The van der Waals surface area contributed by atoms with Crippen molar-refractivity contribution in [3.05, 3.63) is 82.3 Å². The summed E-state index contributed by atoms with van der Waals surface area (Å²) in [5.41, 5.74) is 2.45. The molecule has 7 heteroatoms. The van der Waals surface area contributed by atoms with E-state index in [1.807, 2.05) is 60.4 Å². The highest BCUT2D eigenvalue weighted by Gasteiger charge is 2.47. The lowest BCUT2D eigenvalue weighted by Crippen LogP contribution is -2.47. The predicted octanol–water partition coefficient (Wildman–Crippen LogP) is 4.41. The molecule has 2 aromatic carbocycles. The molecule has 5 rings (SSSR count). The lowest BCUT2D eigenvalue weighted by molar-refractivity contribution is -0.120. The first-order valence-corrected chi connectivity index (χ1v) is 12.4. The number of nitrogens with one attached hydrogen (secondary N) is 2. The van der Waals surface area contributed by atoms with Crippen LogP contribution in [0, 0.1) is 5.92 Å². The summed E-state index contributed by atoms with van der Waals surface area (Å²) in [5.74, 6) is 0.569. The third-order valence-corrected chi connectivity index (χ3v) is 7.21. The average molecular weight is 471 g/mol. The van der Waals surface area contributed by atoms with Crippen LogP contribution >= 0.6 is 0 Å². The maximum atomic E-state index is 13.5. The monoisotopic (exact) mass is 470 g/mol. The fourth-order valence-electron chi connectivity index (χ4n) is 5.51. The van der Waals surface area contributed by atoms with Crippen LogP contribution in [0.1, 0.15) is 55.1 Å².